The lowest BCUT2D eigenvalue weighted by molar-refractivity contribution is 0.0951. The fourth-order valence-electron chi connectivity index (χ4n) is 2.49. The second-order valence-electron chi connectivity index (χ2n) is 5.36. The number of rotatable bonds is 4. The third-order valence-corrected chi connectivity index (χ3v) is 4.09. The maximum Gasteiger partial charge on any atom is 0.254 e. The molecule has 0 saturated carbocycles. The highest BCUT2D eigenvalue weighted by Crippen LogP contribution is 2.25. The number of amides is 1. The average Bonchev–Trinajstić information content (AvgIpc) is 2.97. The minimum atomic E-state index is -0.241. The highest BCUT2D eigenvalue weighted by atomic mass is 35.5. The molecule has 1 N–H and O–H groups in total. The molecule has 2 aromatic heterocycles. The molecule has 3 aromatic rings. The van der Waals surface area contributed by atoms with Gasteiger partial charge in [0.05, 0.1) is 22.2 Å². The highest BCUT2D eigenvalue weighted by molar-refractivity contribution is 6.38. The van der Waals surface area contributed by atoms with Gasteiger partial charge < -0.3 is 5.32 Å². The van der Waals surface area contributed by atoms with Gasteiger partial charge >= 0.3 is 0 Å². The Kier molecular flexibility index (Phi) is 4.30. The number of pyridine rings is 1. The lowest BCUT2D eigenvalue weighted by atomic mass is 10.1. The molecule has 0 aliphatic heterocycles. The highest BCUT2D eigenvalue weighted by Gasteiger charge is 2.16. The van der Waals surface area contributed by atoms with Crippen LogP contribution in [0.4, 0.5) is 0 Å². The van der Waals surface area contributed by atoms with E-state index in [0.717, 1.165) is 11.1 Å². The first-order valence-corrected chi connectivity index (χ1v) is 7.81. The van der Waals surface area contributed by atoms with Crippen molar-refractivity contribution < 1.29 is 4.79 Å². The van der Waals surface area contributed by atoms with Gasteiger partial charge in [0, 0.05) is 19.3 Å². The maximum absolute atomic E-state index is 12.4. The molecular weight excluding hydrogens is 312 g/mol. The molecule has 5 nitrogen and oxygen atoms in total. The van der Waals surface area contributed by atoms with Gasteiger partial charge in [-0.2, -0.15) is 5.10 Å². The fourth-order valence-corrected chi connectivity index (χ4v) is 2.75. The van der Waals surface area contributed by atoms with E-state index in [1.54, 1.807) is 10.9 Å². The Bertz CT molecular complexity index is 872. The number of hydrogen-bond acceptors (Lipinski definition) is 3. The molecule has 1 amide bonds. The van der Waals surface area contributed by atoms with Crippen molar-refractivity contribution in [3.63, 3.8) is 0 Å². The van der Waals surface area contributed by atoms with E-state index in [9.17, 15) is 4.79 Å². The summed E-state index contributed by atoms with van der Waals surface area (Å²) in [4.78, 5) is 16.7. The standard InChI is InChI=1S/C17H17ClN4O/c1-3-22-16-13(10-21-22)15(18)14(9-19-16)17(23)20-8-12-6-4-5-11(2)7-12/h4-7,9-10H,3,8H2,1-2H3,(H,20,23). The summed E-state index contributed by atoms with van der Waals surface area (Å²) in [6, 6.07) is 8.00. The lowest BCUT2D eigenvalue weighted by Gasteiger charge is -2.08. The molecule has 23 heavy (non-hydrogen) atoms. The number of nitrogens with zero attached hydrogens (tertiary/aromatic N) is 3. The Morgan fingerprint density at radius 1 is 1.35 bits per heavy atom. The lowest BCUT2D eigenvalue weighted by Crippen LogP contribution is -2.23. The third kappa shape index (κ3) is 3.05. The Balaban J connectivity index is 1.82. The summed E-state index contributed by atoms with van der Waals surface area (Å²) in [5.74, 6) is -0.241. The number of aryl methyl sites for hydroxylation is 2. The van der Waals surface area contributed by atoms with Crippen LogP contribution in [0.1, 0.15) is 28.4 Å². The number of hydrogen-bond donors (Lipinski definition) is 1. The monoisotopic (exact) mass is 328 g/mol. The first-order chi connectivity index (χ1) is 11.1. The van der Waals surface area contributed by atoms with Gasteiger partial charge in [-0.1, -0.05) is 41.4 Å². The Morgan fingerprint density at radius 2 is 2.17 bits per heavy atom. The summed E-state index contributed by atoms with van der Waals surface area (Å²) < 4.78 is 1.75. The number of carbonyl (C=O) groups excluding carboxylic acids is 1. The number of carbonyl (C=O) groups is 1. The summed E-state index contributed by atoms with van der Waals surface area (Å²) in [5.41, 5.74) is 3.25. The minimum Gasteiger partial charge on any atom is -0.348 e. The van der Waals surface area contributed by atoms with Crippen molar-refractivity contribution in [1.29, 1.82) is 0 Å². The third-order valence-electron chi connectivity index (χ3n) is 3.68. The van der Waals surface area contributed by atoms with Crippen molar-refractivity contribution in [1.82, 2.24) is 20.1 Å². The Hall–Kier alpha value is -2.40. The van der Waals surface area contributed by atoms with Crippen LogP contribution in [0, 0.1) is 6.92 Å². The Morgan fingerprint density at radius 3 is 2.91 bits per heavy atom. The van der Waals surface area contributed by atoms with Crippen LogP contribution in [0.5, 0.6) is 0 Å². The molecular formula is C17H17ClN4O. The van der Waals surface area contributed by atoms with E-state index in [2.05, 4.69) is 15.4 Å². The summed E-state index contributed by atoms with van der Waals surface area (Å²) in [6.45, 7) is 5.14. The van der Waals surface area contributed by atoms with Crippen molar-refractivity contribution in [2.45, 2.75) is 26.9 Å². The summed E-state index contributed by atoms with van der Waals surface area (Å²) >= 11 is 6.36. The fraction of sp³-hybridized carbons (Fsp3) is 0.235. The second kappa shape index (κ2) is 6.38. The second-order valence-corrected chi connectivity index (χ2v) is 5.73. The molecule has 3 rings (SSSR count). The van der Waals surface area contributed by atoms with Crippen molar-refractivity contribution in [3.8, 4) is 0 Å². The van der Waals surface area contributed by atoms with Crippen LogP contribution in [0.25, 0.3) is 11.0 Å². The molecule has 0 fully saturated rings. The zero-order chi connectivity index (χ0) is 16.4. The van der Waals surface area contributed by atoms with Gasteiger partial charge in [-0.25, -0.2) is 9.67 Å². The molecule has 0 radical (unpaired) electrons. The number of nitrogens with one attached hydrogen (secondary N) is 1. The summed E-state index contributed by atoms with van der Waals surface area (Å²) in [5, 5.41) is 8.17. The summed E-state index contributed by atoms with van der Waals surface area (Å²) in [7, 11) is 0. The zero-order valence-electron chi connectivity index (χ0n) is 13.0. The molecule has 0 unspecified atom stereocenters. The van der Waals surface area contributed by atoms with Crippen molar-refractivity contribution in [2.24, 2.45) is 0 Å². The van der Waals surface area contributed by atoms with E-state index in [0.29, 0.717) is 34.7 Å². The molecule has 118 valence electrons. The van der Waals surface area contributed by atoms with Gasteiger partial charge in [0.1, 0.15) is 0 Å². The van der Waals surface area contributed by atoms with Crippen LogP contribution < -0.4 is 5.32 Å². The molecule has 0 saturated heterocycles. The quantitative estimate of drug-likeness (QED) is 0.799. The van der Waals surface area contributed by atoms with E-state index in [4.69, 9.17) is 11.6 Å². The molecule has 2 heterocycles. The van der Waals surface area contributed by atoms with Crippen LogP contribution in [0.2, 0.25) is 5.02 Å². The van der Waals surface area contributed by atoms with Gasteiger partial charge in [0.25, 0.3) is 5.91 Å². The molecule has 6 heteroatoms. The molecule has 0 spiro atoms. The van der Waals surface area contributed by atoms with Gasteiger partial charge in [-0.15, -0.1) is 0 Å². The van der Waals surface area contributed by atoms with Crippen LogP contribution in [-0.4, -0.2) is 20.7 Å². The van der Waals surface area contributed by atoms with E-state index < -0.39 is 0 Å². The predicted molar refractivity (Wildman–Crippen MR) is 90.6 cm³/mol. The zero-order valence-corrected chi connectivity index (χ0v) is 13.8. The van der Waals surface area contributed by atoms with E-state index in [1.807, 2.05) is 38.1 Å². The van der Waals surface area contributed by atoms with Crippen molar-refractivity contribution in [2.75, 3.05) is 0 Å². The van der Waals surface area contributed by atoms with Crippen LogP contribution in [0.15, 0.2) is 36.7 Å². The van der Waals surface area contributed by atoms with Gasteiger partial charge in [0.2, 0.25) is 0 Å². The van der Waals surface area contributed by atoms with Gasteiger partial charge in [0.15, 0.2) is 5.65 Å². The molecule has 1 aromatic carbocycles. The van der Waals surface area contributed by atoms with E-state index >= 15 is 0 Å². The van der Waals surface area contributed by atoms with Crippen molar-refractivity contribution in [3.05, 3.63) is 58.4 Å². The minimum absolute atomic E-state index is 0.241. The smallest absolute Gasteiger partial charge is 0.254 e. The first-order valence-electron chi connectivity index (χ1n) is 7.44. The van der Waals surface area contributed by atoms with Crippen LogP contribution in [0.3, 0.4) is 0 Å². The predicted octanol–water partition coefficient (Wildman–Crippen LogP) is 3.34. The number of halogens is 1. The van der Waals surface area contributed by atoms with Gasteiger partial charge in [-0.05, 0) is 19.4 Å². The number of fused-ring (bicyclic) bond motifs is 1. The first kappa shape index (κ1) is 15.5. The molecule has 0 aliphatic rings. The Labute approximate surface area is 139 Å². The largest absolute Gasteiger partial charge is 0.348 e. The van der Waals surface area contributed by atoms with Gasteiger partial charge in [-0.3, -0.25) is 4.79 Å². The number of aromatic nitrogens is 3. The topological polar surface area (TPSA) is 59.8 Å². The molecule has 0 aliphatic carbocycles. The SMILES string of the molecule is CCn1ncc2c(Cl)c(C(=O)NCc3cccc(C)c3)cnc21. The molecule has 0 bridgehead atoms. The maximum atomic E-state index is 12.4. The van der Waals surface area contributed by atoms with Crippen LogP contribution >= 0.6 is 11.6 Å². The van der Waals surface area contributed by atoms with E-state index in [-0.39, 0.29) is 5.91 Å². The van der Waals surface area contributed by atoms with Crippen molar-refractivity contribution >= 4 is 28.5 Å². The molecule has 0 atom stereocenters. The summed E-state index contributed by atoms with van der Waals surface area (Å²) in [6.07, 6.45) is 3.15. The van der Waals surface area contributed by atoms with Crippen LogP contribution in [-0.2, 0) is 13.1 Å². The normalized spacial score (nSPS) is 10.9. The van der Waals surface area contributed by atoms with E-state index in [1.165, 1.54) is 6.20 Å². The number of benzene rings is 1. The average molecular weight is 329 g/mol.